The maximum Gasteiger partial charge on any atom is 0.297 e. The third-order valence-corrected chi connectivity index (χ3v) is 8.44. The van der Waals surface area contributed by atoms with E-state index in [2.05, 4.69) is 43.1 Å². The lowest BCUT2D eigenvalue weighted by Gasteiger charge is -2.30. The van der Waals surface area contributed by atoms with Gasteiger partial charge in [-0.25, -0.2) is 17.6 Å². The normalized spacial score (nSPS) is 23.9. The number of benzene rings is 1. The minimum atomic E-state index is -2.59. The number of halogens is 6. The van der Waals surface area contributed by atoms with Gasteiger partial charge < -0.3 is 9.47 Å². The molecule has 13 heteroatoms. The van der Waals surface area contributed by atoms with Gasteiger partial charge in [-0.05, 0) is 48.2 Å². The Bertz CT molecular complexity index is 1330. The van der Waals surface area contributed by atoms with Crippen molar-refractivity contribution in [3.63, 3.8) is 0 Å². The van der Waals surface area contributed by atoms with Crippen LogP contribution in [0.25, 0.3) is 10.9 Å². The first-order valence-electron chi connectivity index (χ1n) is 12.4. The molecule has 0 radical (unpaired) electrons. The van der Waals surface area contributed by atoms with Crippen LogP contribution < -0.4 is 20.3 Å². The number of fused-ring (bicyclic) bond motifs is 2. The van der Waals surface area contributed by atoms with Crippen molar-refractivity contribution in [2.75, 3.05) is 32.8 Å². The molecule has 1 saturated carbocycles. The highest BCUT2D eigenvalue weighted by Gasteiger charge is 2.49. The van der Waals surface area contributed by atoms with E-state index in [1.807, 2.05) is 4.90 Å². The zero-order valence-corrected chi connectivity index (χ0v) is 22.6. The minimum Gasteiger partial charge on any atom is -0.488 e. The lowest BCUT2D eigenvalue weighted by molar-refractivity contribution is 0.107. The summed E-state index contributed by atoms with van der Waals surface area (Å²) in [5.41, 5.74) is -1.58. The average Bonchev–Trinajstić information content (AvgIpc) is 3.55. The van der Waals surface area contributed by atoms with Gasteiger partial charge in [0.05, 0.1) is 16.6 Å². The molecule has 1 aromatic heterocycles. The molecule has 2 aliphatic heterocycles. The van der Waals surface area contributed by atoms with Crippen molar-refractivity contribution in [2.45, 2.75) is 56.3 Å². The topological polar surface area (TPSA) is 79.5 Å². The summed E-state index contributed by atoms with van der Waals surface area (Å²) in [6, 6.07) is -0.981. The Labute approximate surface area is 229 Å². The molecule has 3 fully saturated rings. The van der Waals surface area contributed by atoms with Crippen molar-refractivity contribution in [1.82, 2.24) is 20.2 Å². The zero-order valence-electron chi connectivity index (χ0n) is 20.3. The molecule has 0 bridgehead atoms. The molecule has 2 N–H and O–H groups in total. The van der Waals surface area contributed by atoms with Gasteiger partial charge in [0.15, 0.2) is 11.6 Å². The Morgan fingerprint density at radius 2 is 2.13 bits per heavy atom. The molecule has 2 aromatic rings. The average molecular weight is 622 g/mol. The van der Waals surface area contributed by atoms with Crippen LogP contribution in [0, 0.1) is 23.6 Å². The summed E-state index contributed by atoms with van der Waals surface area (Å²) in [6.45, 7) is 0.382. The summed E-state index contributed by atoms with van der Waals surface area (Å²) in [4.78, 5) is 21.8. The maximum atomic E-state index is 15.2. The molecule has 3 atom stereocenters. The monoisotopic (exact) mass is 620 g/mol. The molecule has 7 nitrogen and oxygen atoms in total. The molecule has 3 aliphatic rings. The highest BCUT2D eigenvalue weighted by Crippen LogP contribution is 2.42. The van der Waals surface area contributed by atoms with Crippen molar-refractivity contribution >= 4 is 38.4 Å². The van der Waals surface area contributed by atoms with Gasteiger partial charge in [-0.15, -0.1) is 0 Å². The highest BCUT2D eigenvalue weighted by atomic mass is 79.9. The van der Waals surface area contributed by atoms with E-state index in [-0.39, 0.29) is 51.3 Å². The molecule has 3 heterocycles. The number of nitrogens with zero attached hydrogens (tertiary/aromatic N) is 2. The van der Waals surface area contributed by atoms with Crippen molar-refractivity contribution < 1.29 is 27.0 Å². The van der Waals surface area contributed by atoms with Crippen LogP contribution in [0.15, 0.2) is 9.27 Å². The molecule has 1 aliphatic carbocycles. The largest absolute Gasteiger partial charge is 0.488 e. The Morgan fingerprint density at radius 1 is 1.34 bits per heavy atom. The molecule has 0 amide bonds. The third-order valence-electron chi connectivity index (χ3n) is 7.11. The fourth-order valence-corrected chi connectivity index (χ4v) is 5.68. The molecule has 206 valence electrons. The Kier molecular flexibility index (Phi) is 8.10. The summed E-state index contributed by atoms with van der Waals surface area (Å²) in [7, 11) is 0. The van der Waals surface area contributed by atoms with Gasteiger partial charge in [0.1, 0.15) is 41.4 Å². The van der Waals surface area contributed by atoms with E-state index in [9.17, 15) is 18.0 Å². The molecule has 1 aromatic carbocycles. The van der Waals surface area contributed by atoms with E-state index in [4.69, 9.17) is 21.1 Å². The van der Waals surface area contributed by atoms with Gasteiger partial charge in [-0.1, -0.05) is 23.4 Å². The first-order valence-corrected chi connectivity index (χ1v) is 13.6. The first-order chi connectivity index (χ1) is 18.2. The molecule has 1 unspecified atom stereocenters. The van der Waals surface area contributed by atoms with Crippen LogP contribution in [0.2, 0.25) is 5.02 Å². The predicted molar refractivity (Wildman–Crippen MR) is 137 cm³/mol. The summed E-state index contributed by atoms with van der Waals surface area (Å²) < 4.78 is 66.2. The van der Waals surface area contributed by atoms with Gasteiger partial charge in [0.25, 0.3) is 18.0 Å². The van der Waals surface area contributed by atoms with Crippen molar-refractivity contribution in [3.05, 3.63) is 25.7 Å². The summed E-state index contributed by atoms with van der Waals surface area (Å²) >= 11 is 9.40. The molecule has 0 spiro atoms. The summed E-state index contributed by atoms with van der Waals surface area (Å²) in [6.07, 6.45) is 0.352. The van der Waals surface area contributed by atoms with Crippen LogP contribution in [0.5, 0.6) is 11.8 Å². The van der Waals surface area contributed by atoms with E-state index in [0.29, 0.717) is 13.0 Å². The molecular weight excluding hydrogens is 596 g/mol. The Hall–Kier alpha value is -2.07. The third kappa shape index (κ3) is 5.76. The van der Waals surface area contributed by atoms with E-state index >= 15 is 4.39 Å². The Morgan fingerprint density at radius 3 is 2.87 bits per heavy atom. The summed E-state index contributed by atoms with van der Waals surface area (Å²) in [5.74, 6) is 5.07. The number of aromatic nitrogens is 2. The van der Waals surface area contributed by atoms with Crippen LogP contribution in [0.3, 0.4) is 0 Å². The van der Waals surface area contributed by atoms with Crippen molar-refractivity contribution in [1.29, 1.82) is 0 Å². The predicted octanol–water partition coefficient (Wildman–Crippen LogP) is 4.45. The molecule has 38 heavy (non-hydrogen) atoms. The van der Waals surface area contributed by atoms with Crippen LogP contribution >= 0.6 is 27.5 Å². The lowest BCUT2D eigenvalue weighted by atomic mass is 9.95. The van der Waals surface area contributed by atoms with Crippen LogP contribution in [-0.4, -0.2) is 71.9 Å². The number of aromatic amines is 1. The molecule has 5 rings (SSSR count). The number of hydrogen-bond donors (Lipinski definition) is 2. The van der Waals surface area contributed by atoms with Gasteiger partial charge in [0, 0.05) is 18.9 Å². The van der Waals surface area contributed by atoms with Crippen LogP contribution in [0.1, 0.15) is 32.1 Å². The maximum absolute atomic E-state index is 15.2. The number of nitrogens with one attached hydrogen (secondary N) is 2. The number of alkyl halides is 3. The van der Waals surface area contributed by atoms with Gasteiger partial charge in [-0.3, -0.25) is 20.0 Å². The zero-order chi connectivity index (χ0) is 27.0. The molecular formula is C25H26BrClF4N4O3. The van der Waals surface area contributed by atoms with Gasteiger partial charge in [-0.2, -0.15) is 4.98 Å². The van der Waals surface area contributed by atoms with E-state index in [0.717, 1.165) is 32.2 Å². The first kappa shape index (κ1) is 27.5. The molecule has 2 saturated heterocycles. The number of rotatable bonds is 9. The second-order valence-electron chi connectivity index (χ2n) is 9.96. The van der Waals surface area contributed by atoms with Crippen LogP contribution in [0.4, 0.5) is 17.6 Å². The fraction of sp³-hybridized carbons (Fsp3) is 0.600. The van der Waals surface area contributed by atoms with Gasteiger partial charge in [0.2, 0.25) is 0 Å². The standard InChI is InChI=1S/C25H26BrClF4N4O3/c26-18-19(27)22(37-11-15(32-9-16(29)30)5-4-13-2-3-13)17-21(20(18)31)33-24(34-23(17)36)38-12-25-6-1-7-35(25)10-14(28)8-25/h13-16,32H,1-3,6-12H2,(H,33,34,36)/t14-,15?,25+/m1/s1. The number of ether oxygens (including phenoxy) is 2. The summed E-state index contributed by atoms with van der Waals surface area (Å²) in [5, 5.41) is 2.16. The smallest absolute Gasteiger partial charge is 0.297 e. The second-order valence-corrected chi connectivity index (χ2v) is 11.1. The Balaban J connectivity index is 1.40. The van der Waals surface area contributed by atoms with Crippen molar-refractivity contribution in [2.24, 2.45) is 5.92 Å². The van der Waals surface area contributed by atoms with E-state index in [1.54, 1.807) is 0 Å². The SMILES string of the molecule is O=c1[nH]c(OC[C@@]23CCCN2C[C@H](F)C3)nc2c(F)c(Br)c(Cl)c(OCC(C#CC3CC3)NCC(F)F)c12. The van der Waals surface area contributed by atoms with E-state index < -0.39 is 42.1 Å². The minimum absolute atomic E-state index is 0.0960. The number of H-pyrrole nitrogens is 1. The second kappa shape index (κ2) is 11.2. The quantitative estimate of drug-likeness (QED) is 0.245. The van der Waals surface area contributed by atoms with Crippen molar-refractivity contribution in [3.8, 4) is 23.6 Å². The van der Waals surface area contributed by atoms with E-state index in [1.165, 1.54) is 0 Å². The number of hydrogen-bond acceptors (Lipinski definition) is 6. The van der Waals surface area contributed by atoms with Crippen LogP contribution in [-0.2, 0) is 0 Å². The highest BCUT2D eigenvalue weighted by molar-refractivity contribution is 9.10. The fourth-order valence-electron chi connectivity index (χ4n) is 5.08. The van der Waals surface area contributed by atoms with Gasteiger partial charge >= 0.3 is 0 Å². The lowest BCUT2D eigenvalue weighted by Crippen LogP contribution is -2.43.